The molecule has 0 saturated carbocycles. The van der Waals surface area contributed by atoms with Crippen LogP contribution in [0.2, 0.25) is 0 Å². The number of carbonyl (C=O) groups is 2. The van der Waals surface area contributed by atoms with Crippen LogP contribution >= 0.6 is 0 Å². The number of likely N-dealkylation sites (N-methyl/N-ethyl adjacent to an activating group) is 1. The molecule has 0 heterocycles. The molecule has 1 aromatic rings. The number of aryl methyl sites for hydroxylation is 1. The van der Waals surface area contributed by atoms with E-state index < -0.39 is 5.54 Å². The zero-order valence-corrected chi connectivity index (χ0v) is 15.9. The summed E-state index contributed by atoms with van der Waals surface area (Å²) in [6, 6.07) is 7.87. The third-order valence-corrected chi connectivity index (χ3v) is 4.49. The van der Waals surface area contributed by atoms with Crippen molar-refractivity contribution in [1.82, 2.24) is 10.2 Å². The Morgan fingerprint density at radius 3 is 2.40 bits per heavy atom. The molecule has 2 N–H and O–H groups in total. The van der Waals surface area contributed by atoms with Gasteiger partial charge < -0.3 is 10.6 Å². The second kappa shape index (κ2) is 8.63. The minimum absolute atomic E-state index is 0.0145. The lowest BCUT2D eigenvalue weighted by Crippen LogP contribution is -2.51. The van der Waals surface area contributed by atoms with Crippen LogP contribution in [0.25, 0.3) is 0 Å². The van der Waals surface area contributed by atoms with Crippen molar-refractivity contribution in [3.05, 3.63) is 29.3 Å². The van der Waals surface area contributed by atoms with Gasteiger partial charge in [-0.05, 0) is 50.9 Å². The van der Waals surface area contributed by atoms with Gasteiger partial charge in [0, 0.05) is 5.69 Å². The molecule has 25 heavy (non-hydrogen) atoms. The molecule has 0 bridgehead atoms. The second-order valence-electron chi connectivity index (χ2n) is 6.98. The summed E-state index contributed by atoms with van der Waals surface area (Å²) in [6.07, 6.45) is 0. The molecule has 2 amide bonds. The Kier molecular flexibility index (Phi) is 7.13. The summed E-state index contributed by atoms with van der Waals surface area (Å²) in [7, 11) is 1.70. The topological polar surface area (TPSA) is 85.2 Å². The van der Waals surface area contributed by atoms with E-state index in [4.69, 9.17) is 0 Å². The SMILES string of the molecule is Cc1cccc(NC(=O)CN(C)CC(=O)N[C@](C)(C#N)C(C)C)c1C. The van der Waals surface area contributed by atoms with Crippen molar-refractivity contribution in [2.75, 3.05) is 25.5 Å². The van der Waals surface area contributed by atoms with Gasteiger partial charge in [-0.3, -0.25) is 14.5 Å². The molecule has 0 aliphatic heterocycles. The quantitative estimate of drug-likeness (QED) is 0.794. The molecule has 6 heteroatoms. The van der Waals surface area contributed by atoms with E-state index in [9.17, 15) is 14.9 Å². The first-order valence-electron chi connectivity index (χ1n) is 8.36. The molecule has 0 radical (unpaired) electrons. The average molecular weight is 344 g/mol. The zero-order chi connectivity index (χ0) is 19.2. The van der Waals surface area contributed by atoms with E-state index in [0.29, 0.717) is 0 Å². The third kappa shape index (κ3) is 5.87. The van der Waals surface area contributed by atoms with Crippen molar-refractivity contribution in [2.24, 2.45) is 5.92 Å². The van der Waals surface area contributed by atoms with Gasteiger partial charge in [0.1, 0.15) is 5.54 Å². The summed E-state index contributed by atoms with van der Waals surface area (Å²) in [6.45, 7) is 9.54. The summed E-state index contributed by atoms with van der Waals surface area (Å²) in [5.74, 6) is -0.477. The monoisotopic (exact) mass is 344 g/mol. The number of hydrogen-bond acceptors (Lipinski definition) is 4. The number of rotatable bonds is 7. The van der Waals surface area contributed by atoms with Gasteiger partial charge >= 0.3 is 0 Å². The standard InChI is InChI=1S/C19H28N4O2/c1-13(2)19(5,12-20)22-18(25)11-23(6)10-17(24)21-16-9-7-8-14(3)15(16)4/h7-9,13H,10-11H2,1-6H3,(H,21,24)(H,22,25)/t19-/m1/s1. The van der Waals surface area contributed by atoms with E-state index in [2.05, 4.69) is 16.7 Å². The summed E-state index contributed by atoms with van der Waals surface area (Å²) < 4.78 is 0. The van der Waals surface area contributed by atoms with Gasteiger partial charge in [0.25, 0.3) is 0 Å². The van der Waals surface area contributed by atoms with E-state index in [1.54, 1.807) is 18.9 Å². The zero-order valence-electron chi connectivity index (χ0n) is 15.9. The highest BCUT2D eigenvalue weighted by Crippen LogP contribution is 2.18. The van der Waals surface area contributed by atoms with E-state index in [0.717, 1.165) is 16.8 Å². The van der Waals surface area contributed by atoms with Gasteiger partial charge in [-0.2, -0.15) is 5.26 Å². The molecule has 1 rings (SSSR count). The molecule has 6 nitrogen and oxygen atoms in total. The first-order chi connectivity index (χ1) is 11.6. The van der Waals surface area contributed by atoms with Crippen LogP contribution in [-0.4, -0.2) is 42.4 Å². The maximum absolute atomic E-state index is 12.2. The van der Waals surface area contributed by atoms with Gasteiger partial charge in [0.15, 0.2) is 0 Å². The highest BCUT2D eigenvalue weighted by Gasteiger charge is 2.30. The van der Waals surface area contributed by atoms with Crippen LogP contribution in [-0.2, 0) is 9.59 Å². The normalized spacial score (nSPS) is 13.2. The van der Waals surface area contributed by atoms with Crippen LogP contribution < -0.4 is 10.6 Å². The maximum Gasteiger partial charge on any atom is 0.238 e. The Morgan fingerprint density at radius 1 is 1.24 bits per heavy atom. The van der Waals surface area contributed by atoms with Crippen LogP contribution in [0.3, 0.4) is 0 Å². The lowest BCUT2D eigenvalue weighted by atomic mass is 9.90. The number of anilines is 1. The molecule has 136 valence electrons. The number of amides is 2. The van der Waals surface area contributed by atoms with E-state index in [1.165, 1.54) is 0 Å². The number of benzene rings is 1. The Labute approximate surface area is 150 Å². The average Bonchev–Trinajstić information content (AvgIpc) is 2.50. The van der Waals surface area contributed by atoms with Crippen molar-refractivity contribution in [3.63, 3.8) is 0 Å². The van der Waals surface area contributed by atoms with Crippen LogP contribution in [0.5, 0.6) is 0 Å². The fourth-order valence-corrected chi connectivity index (χ4v) is 2.25. The number of nitrogens with zero attached hydrogens (tertiary/aromatic N) is 2. The van der Waals surface area contributed by atoms with Crippen molar-refractivity contribution in [1.29, 1.82) is 5.26 Å². The number of nitrogens with one attached hydrogen (secondary N) is 2. The molecule has 1 atom stereocenters. The maximum atomic E-state index is 12.2. The lowest BCUT2D eigenvalue weighted by molar-refractivity contribution is -0.124. The molecule has 0 spiro atoms. The van der Waals surface area contributed by atoms with E-state index >= 15 is 0 Å². The fraction of sp³-hybridized carbons (Fsp3) is 0.526. The third-order valence-electron chi connectivity index (χ3n) is 4.49. The summed E-state index contributed by atoms with van der Waals surface area (Å²) in [5, 5.41) is 14.9. The van der Waals surface area contributed by atoms with Gasteiger partial charge in [-0.1, -0.05) is 26.0 Å². The highest BCUT2D eigenvalue weighted by molar-refractivity contribution is 5.93. The van der Waals surface area contributed by atoms with Crippen molar-refractivity contribution in [3.8, 4) is 6.07 Å². The van der Waals surface area contributed by atoms with Gasteiger partial charge in [0.2, 0.25) is 11.8 Å². The minimum Gasteiger partial charge on any atom is -0.337 e. The molecular weight excluding hydrogens is 316 g/mol. The largest absolute Gasteiger partial charge is 0.337 e. The Hall–Kier alpha value is -2.39. The molecule has 0 unspecified atom stereocenters. The van der Waals surface area contributed by atoms with Gasteiger partial charge in [-0.15, -0.1) is 0 Å². The van der Waals surface area contributed by atoms with Gasteiger partial charge in [0.05, 0.1) is 19.2 Å². The summed E-state index contributed by atoms with van der Waals surface area (Å²) >= 11 is 0. The van der Waals surface area contributed by atoms with Crippen LogP contribution in [0.4, 0.5) is 5.69 Å². The van der Waals surface area contributed by atoms with Crippen LogP contribution in [0, 0.1) is 31.1 Å². The second-order valence-corrected chi connectivity index (χ2v) is 6.98. The van der Waals surface area contributed by atoms with Crippen LogP contribution in [0.15, 0.2) is 18.2 Å². The smallest absolute Gasteiger partial charge is 0.238 e. The molecule has 0 saturated heterocycles. The fourth-order valence-electron chi connectivity index (χ4n) is 2.25. The first-order valence-corrected chi connectivity index (χ1v) is 8.36. The van der Waals surface area contributed by atoms with Crippen LogP contribution in [0.1, 0.15) is 31.9 Å². The van der Waals surface area contributed by atoms with Gasteiger partial charge in [-0.25, -0.2) is 0 Å². The Balaban J connectivity index is 2.57. The number of nitriles is 1. The first kappa shape index (κ1) is 20.7. The van der Waals surface area contributed by atoms with Crippen molar-refractivity contribution < 1.29 is 9.59 Å². The predicted molar refractivity (Wildman–Crippen MR) is 99.0 cm³/mol. The predicted octanol–water partition coefficient (Wildman–Crippen LogP) is 2.23. The molecule has 1 aromatic carbocycles. The summed E-state index contributed by atoms with van der Waals surface area (Å²) in [5.41, 5.74) is 1.99. The number of hydrogen-bond donors (Lipinski definition) is 2. The Morgan fingerprint density at radius 2 is 1.84 bits per heavy atom. The Bertz CT molecular complexity index is 678. The molecule has 0 aromatic heterocycles. The molecule has 0 fully saturated rings. The van der Waals surface area contributed by atoms with Crippen molar-refractivity contribution >= 4 is 17.5 Å². The highest BCUT2D eigenvalue weighted by atomic mass is 16.2. The minimum atomic E-state index is -0.918. The molecular formula is C19H28N4O2. The molecule has 0 aliphatic carbocycles. The number of carbonyl (C=O) groups excluding carboxylic acids is 2. The lowest BCUT2D eigenvalue weighted by Gasteiger charge is -2.28. The van der Waals surface area contributed by atoms with E-state index in [1.807, 2.05) is 45.9 Å². The van der Waals surface area contributed by atoms with Crippen molar-refractivity contribution in [2.45, 2.75) is 40.2 Å². The van der Waals surface area contributed by atoms with E-state index in [-0.39, 0.29) is 30.8 Å². The summed E-state index contributed by atoms with van der Waals surface area (Å²) in [4.78, 5) is 25.9. The molecule has 0 aliphatic rings.